The van der Waals surface area contributed by atoms with Crippen molar-refractivity contribution >= 4 is 21.4 Å². The fourth-order valence-corrected chi connectivity index (χ4v) is 4.26. The first-order valence-electron chi connectivity index (χ1n) is 7.71. The Labute approximate surface area is 130 Å². The van der Waals surface area contributed by atoms with Crippen molar-refractivity contribution in [3.8, 4) is 0 Å². The van der Waals surface area contributed by atoms with Crippen molar-refractivity contribution in [1.29, 1.82) is 0 Å². The third kappa shape index (κ3) is 2.61. The van der Waals surface area contributed by atoms with Gasteiger partial charge in [-0.2, -0.15) is 0 Å². The van der Waals surface area contributed by atoms with Crippen LogP contribution < -0.4 is 5.73 Å². The van der Waals surface area contributed by atoms with E-state index < -0.39 is 0 Å². The van der Waals surface area contributed by atoms with E-state index in [1.54, 1.807) is 11.3 Å². The van der Waals surface area contributed by atoms with E-state index in [4.69, 9.17) is 10.5 Å². The molecule has 4 heteroatoms. The maximum atomic E-state index is 6.76. The monoisotopic (exact) mass is 304 g/mol. The number of hydrogen-bond acceptors (Lipinski definition) is 4. The van der Waals surface area contributed by atoms with Crippen LogP contribution >= 0.6 is 11.3 Å². The van der Waals surface area contributed by atoms with Crippen molar-refractivity contribution in [3.63, 3.8) is 0 Å². The minimum absolute atomic E-state index is 0.0166. The van der Waals surface area contributed by atoms with Crippen molar-refractivity contribution < 1.29 is 4.74 Å². The summed E-state index contributed by atoms with van der Waals surface area (Å²) in [4.78, 5) is 2.51. The number of fused-ring (bicyclic) bond motifs is 1. The van der Waals surface area contributed by atoms with Crippen LogP contribution in [0.5, 0.6) is 0 Å². The Morgan fingerprint density at radius 1 is 1.33 bits per heavy atom. The Morgan fingerprint density at radius 2 is 2.10 bits per heavy atom. The van der Waals surface area contributed by atoms with Gasteiger partial charge in [-0.15, -0.1) is 11.3 Å². The minimum atomic E-state index is -0.0257. The van der Waals surface area contributed by atoms with E-state index in [1.165, 1.54) is 15.6 Å². The summed E-state index contributed by atoms with van der Waals surface area (Å²) in [5.41, 5.74) is 8.01. The Morgan fingerprint density at radius 3 is 2.81 bits per heavy atom. The van der Waals surface area contributed by atoms with Crippen LogP contribution in [0.2, 0.25) is 0 Å². The molecule has 2 N–H and O–H groups in total. The molecule has 1 aromatic carbocycles. The van der Waals surface area contributed by atoms with Gasteiger partial charge in [0.15, 0.2) is 0 Å². The molecule has 21 heavy (non-hydrogen) atoms. The number of benzene rings is 1. The summed E-state index contributed by atoms with van der Waals surface area (Å²) in [5, 5.41) is 3.45. The topological polar surface area (TPSA) is 38.5 Å². The highest BCUT2D eigenvalue weighted by molar-refractivity contribution is 7.17. The molecular weight excluding hydrogens is 280 g/mol. The standard InChI is InChI=1S/C17H24N2OS/c1-3-17(2,19-8-10-20-11-9-19)16(18)14-6-4-5-13-7-12-21-15(13)14/h4-7,12,16H,3,8-11,18H2,1-2H3. The van der Waals surface area contributed by atoms with Gasteiger partial charge in [-0.3, -0.25) is 4.90 Å². The van der Waals surface area contributed by atoms with Crippen molar-refractivity contribution in [3.05, 3.63) is 35.2 Å². The van der Waals surface area contributed by atoms with Crippen LogP contribution in [0.3, 0.4) is 0 Å². The number of morpholine rings is 1. The molecule has 2 aromatic rings. The molecule has 0 bridgehead atoms. The number of ether oxygens (including phenoxy) is 1. The average molecular weight is 304 g/mol. The zero-order valence-electron chi connectivity index (χ0n) is 12.8. The zero-order chi connectivity index (χ0) is 14.9. The Balaban J connectivity index is 1.97. The van der Waals surface area contributed by atoms with Crippen LogP contribution in [0.4, 0.5) is 0 Å². The van der Waals surface area contributed by atoms with Crippen molar-refractivity contribution in [1.82, 2.24) is 4.90 Å². The summed E-state index contributed by atoms with van der Waals surface area (Å²) in [6, 6.07) is 8.68. The molecule has 114 valence electrons. The molecule has 0 aliphatic carbocycles. The lowest BCUT2D eigenvalue weighted by Gasteiger charge is -2.46. The second-order valence-corrected chi connectivity index (χ2v) is 6.89. The third-order valence-corrected chi connectivity index (χ3v) is 5.94. The Hall–Kier alpha value is -0.940. The summed E-state index contributed by atoms with van der Waals surface area (Å²) in [5.74, 6) is 0. The van der Waals surface area contributed by atoms with Gasteiger partial charge in [-0.25, -0.2) is 0 Å². The quantitative estimate of drug-likeness (QED) is 0.941. The molecule has 3 rings (SSSR count). The Bertz CT molecular complexity index is 606. The summed E-state index contributed by atoms with van der Waals surface area (Å²) in [6.45, 7) is 8.10. The predicted molar refractivity (Wildman–Crippen MR) is 89.8 cm³/mol. The molecule has 0 saturated carbocycles. The molecule has 2 atom stereocenters. The first-order chi connectivity index (χ1) is 10.2. The fourth-order valence-electron chi connectivity index (χ4n) is 3.31. The fraction of sp³-hybridized carbons (Fsp3) is 0.529. The lowest BCUT2D eigenvalue weighted by atomic mass is 9.83. The van der Waals surface area contributed by atoms with Crippen LogP contribution in [0.15, 0.2) is 29.6 Å². The molecule has 1 aliphatic heterocycles. The largest absolute Gasteiger partial charge is 0.379 e. The number of thiophene rings is 1. The van der Waals surface area contributed by atoms with Crippen molar-refractivity contribution in [2.24, 2.45) is 5.73 Å². The number of rotatable bonds is 4. The lowest BCUT2D eigenvalue weighted by Crippen LogP contribution is -2.56. The van der Waals surface area contributed by atoms with Crippen LogP contribution in [0.25, 0.3) is 10.1 Å². The molecule has 1 aromatic heterocycles. The normalized spacial score (nSPS) is 21.3. The van der Waals surface area contributed by atoms with Crippen LogP contribution in [0.1, 0.15) is 31.9 Å². The smallest absolute Gasteiger partial charge is 0.0594 e. The Kier molecular flexibility index (Phi) is 4.31. The van der Waals surface area contributed by atoms with Gasteiger partial charge in [0.1, 0.15) is 0 Å². The SMILES string of the molecule is CCC(C)(C(N)c1cccc2ccsc12)N1CCOCC1. The summed E-state index contributed by atoms with van der Waals surface area (Å²) >= 11 is 1.79. The second kappa shape index (κ2) is 6.05. The van der Waals surface area contributed by atoms with Gasteiger partial charge in [-0.05, 0) is 35.7 Å². The molecule has 3 nitrogen and oxygen atoms in total. The number of nitrogens with zero attached hydrogens (tertiary/aromatic N) is 1. The summed E-state index contributed by atoms with van der Waals surface area (Å²) in [7, 11) is 0. The number of hydrogen-bond donors (Lipinski definition) is 1. The molecule has 1 aliphatic rings. The highest BCUT2D eigenvalue weighted by Crippen LogP contribution is 2.37. The van der Waals surface area contributed by atoms with Crippen LogP contribution in [-0.2, 0) is 4.74 Å². The maximum Gasteiger partial charge on any atom is 0.0594 e. The molecule has 2 unspecified atom stereocenters. The van der Waals surface area contributed by atoms with E-state index in [0.29, 0.717) is 0 Å². The molecule has 0 amide bonds. The van der Waals surface area contributed by atoms with E-state index in [1.807, 2.05) is 0 Å². The second-order valence-electron chi connectivity index (χ2n) is 5.97. The van der Waals surface area contributed by atoms with Crippen molar-refractivity contribution in [2.45, 2.75) is 31.8 Å². The molecule has 1 saturated heterocycles. The van der Waals surface area contributed by atoms with Crippen LogP contribution in [-0.4, -0.2) is 36.7 Å². The molecule has 0 spiro atoms. The highest BCUT2D eigenvalue weighted by atomic mass is 32.1. The predicted octanol–water partition coefficient (Wildman–Crippen LogP) is 3.40. The van der Waals surface area contributed by atoms with Crippen LogP contribution in [0, 0.1) is 0 Å². The lowest BCUT2D eigenvalue weighted by molar-refractivity contribution is -0.0276. The minimum Gasteiger partial charge on any atom is -0.379 e. The first-order valence-corrected chi connectivity index (χ1v) is 8.59. The molecule has 0 radical (unpaired) electrons. The number of nitrogens with two attached hydrogens (primary N) is 1. The van der Waals surface area contributed by atoms with Gasteiger partial charge in [0, 0.05) is 29.4 Å². The average Bonchev–Trinajstić information content (AvgIpc) is 3.02. The molecule has 2 heterocycles. The third-order valence-electron chi connectivity index (χ3n) is 4.96. The molecule has 1 fully saturated rings. The molecular formula is C17H24N2OS. The van der Waals surface area contributed by atoms with Gasteiger partial charge in [0.25, 0.3) is 0 Å². The van der Waals surface area contributed by atoms with Gasteiger partial charge in [-0.1, -0.05) is 25.1 Å². The van der Waals surface area contributed by atoms with E-state index in [9.17, 15) is 0 Å². The van der Waals surface area contributed by atoms with Gasteiger partial charge in [0.05, 0.1) is 13.2 Å². The summed E-state index contributed by atoms with van der Waals surface area (Å²) in [6.07, 6.45) is 1.04. The highest BCUT2D eigenvalue weighted by Gasteiger charge is 2.38. The van der Waals surface area contributed by atoms with E-state index in [-0.39, 0.29) is 11.6 Å². The van der Waals surface area contributed by atoms with Gasteiger partial charge >= 0.3 is 0 Å². The van der Waals surface area contributed by atoms with Gasteiger partial charge in [0.2, 0.25) is 0 Å². The van der Waals surface area contributed by atoms with Crippen molar-refractivity contribution in [2.75, 3.05) is 26.3 Å². The summed E-state index contributed by atoms with van der Waals surface area (Å²) < 4.78 is 6.83. The zero-order valence-corrected chi connectivity index (χ0v) is 13.7. The van der Waals surface area contributed by atoms with Gasteiger partial charge < -0.3 is 10.5 Å². The maximum absolute atomic E-state index is 6.76. The van der Waals surface area contributed by atoms with E-state index >= 15 is 0 Å². The first kappa shape index (κ1) is 15.0. The van der Waals surface area contributed by atoms with E-state index in [2.05, 4.69) is 48.4 Å². The van der Waals surface area contributed by atoms with E-state index in [0.717, 1.165) is 32.7 Å².